The van der Waals surface area contributed by atoms with Crippen LogP contribution >= 0.6 is 23.2 Å². The van der Waals surface area contributed by atoms with Crippen molar-refractivity contribution >= 4 is 29.0 Å². The summed E-state index contributed by atoms with van der Waals surface area (Å²) in [6.45, 7) is 0. The molecule has 3 rings (SSSR count). The third kappa shape index (κ3) is 2.92. The molecule has 1 nitrogen and oxygen atoms in total. The monoisotopic (exact) mass is 326 g/mol. The number of ketones is 1. The van der Waals surface area contributed by atoms with E-state index in [1.54, 1.807) is 12.1 Å². The second-order valence-corrected chi connectivity index (χ2v) is 5.71. The average Bonchev–Trinajstić information content (AvgIpc) is 2.55. The van der Waals surface area contributed by atoms with E-state index in [-0.39, 0.29) is 5.78 Å². The lowest BCUT2D eigenvalue weighted by Crippen LogP contribution is -2.03. The lowest BCUT2D eigenvalue weighted by Gasteiger charge is -2.11. The lowest BCUT2D eigenvalue weighted by atomic mass is 9.94. The SMILES string of the molecule is O=C(c1ccccc1)c1ccccc1-c1ccc(Cl)cc1Cl. The van der Waals surface area contributed by atoms with Crippen molar-refractivity contribution in [3.8, 4) is 11.1 Å². The van der Waals surface area contributed by atoms with E-state index in [0.29, 0.717) is 21.2 Å². The van der Waals surface area contributed by atoms with E-state index in [9.17, 15) is 4.79 Å². The molecule has 0 N–H and O–H groups in total. The summed E-state index contributed by atoms with van der Waals surface area (Å²) in [5.74, 6) is -0.0257. The average molecular weight is 327 g/mol. The molecule has 0 saturated heterocycles. The van der Waals surface area contributed by atoms with Crippen molar-refractivity contribution in [2.75, 3.05) is 0 Å². The number of halogens is 2. The molecule has 0 spiro atoms. The minimum Gasteiger partial charge on any atom is -0.289 e. The van der Waals surface area contributed by atoms with Gasteiger partial charge in [-0.05, 0) is 17.7 Å². The predicted octanol–water partition coefficient (Wildman–Crippen LogP) is 5.89. The van der Waals surface area contributed by atoms with Crippen molar-refractivity contribution in [3.05, 3.63) is 94.0 Å². The maximum Gasteiger partial charge on any atom is 0.193 e. The predicted molar refractivity (Wildman–Crippen MR) is 91.8 cm³/mol. The zero-order chi connectivity index (χ0) is 15.5. The zero-order valence-electron chi connectivity index (χ0n) is 11.6. The molecule has 3 aromatic carbocycles. The number of hydrogen-bond donors (Lipinski definition) is 0. The minimum absolute atomic E-state index is 0.0257. The Labute approximate surface area is 139 Å². The molecule has 0 heterocycles. The first-order chi connectivity index (χ1) is 10.7. The van der Waals surface area contributed by atoms with Gasteiger partial charge in [0, 0.05) is 26.7 Å². The first-order valence-corrected chi connectivity index (χ1v) is 7.56. The zero-order valence-corrected chi connectivity index (χ0v) is 13.1. The Hall–Kier alpha value is -2.09. The topological polar surface area (TPSA) is 17.1 Å². The fourth-order valence-electron chi connectivity index (χ4n) is 2.37. The van der Waals surface area contributed by atoms with Gasteiger partial charge in [0.25, 0.3) is 0 Å². The Morgan fingerprint density at radius 2 is 1.41 bits per heavy atom. The van der Waals surface area contributed by atoms with Crippen LogP contribution in [0.4, 0.5) is 0 Å². The van der Waals surface area contributed by atoms with Crippen LogP contribution in [-0.4, -0.2) is 5.78 Å². The molecule has 0 amide bonds. The van der Waals surface area contributed by atoms with Gasteiger partial charge in [-0.3, -0.25) is 4.79 Å². The number of benzene rings is 3. The van der Waals surface area contributed by atoms with Crippen LogP contribution in [0, 0.1) is 0 Å². The maximum atomic E-state index is 12.7. The van der Waals surface area contributed by atoms with Gasteiger partial charge in [0.05, 0.1) is 0 Å². The summed E-state index contributed by atoms with van der Waals surface area (Å²) in [6.07, 6.45) is 0. The largest absolute Gasteiger partial charge is 0.289 e. The van der Waals surface area contributed by atoms with E-state index in [0.717, 1.165) is 11.1 Å². The highest BCUT2D eigenvalue weighted by Crippen LogP contribution is 2.33. The van der Waals surface area contributed by atoms with E-state index in [1.165, 1.54) is 0 Å². The molecule has 22 heavy (non-hydrogen) atoms. The summed E-state index contributed by atoms with van der Waals surface area (Å²) in [5.41, 5.74) is 2.88. The van der Waals surface area contributed by atoms with Crippen molar-refractivity contribution in [1.82, 2.24) is 0 Å². The first-order valence-electron chi connectivity index (χ1n) is 6.81. The van der Waals surface area contributed by atoms with Crippen LogP contribution in [0.1, 0.15) is 15.9 Å². The molecular weight excluding hydrogens is 315 g/mol. The van der Waals surface area contributed by atoms with Crippen LogP contribution in [0.5, 0.6) is 0 Å². The van der Waals surface area contributed by atoms with Gasteiger partial charge < -0.3 is 0 Å². The molecular formula is C19H12Cl2O. The molecule has 0 atom stereocenters. The van der Waals surface area contributed by atoms with E-state index < -0.39 is 0 Å². The van der Waals surface area contributed by atoms with Crippen molar-refractivity contribution in [2.45, 2.75) is 0 Å². The number of carbonyl (C=O) groups excluding carboxylic acids is 1. The fourth-order valence-corrected chi connectivity index (χ4v) is 2.88. The highest BCUT2D eigenvalue weighted by Gasteiger charge is 2.15. The van der Waals surface area contributed by atoms with Gasteiger partial charge in [0.1, 0.15) is 0 Å². The van der Waals surface area contributed by atoms with Crippen molar-refractivity contribution < 1.29 is 4.79 Å². The molecule has 3 heteroatoms. The molecule has 0 bridgehead atoms. The lowest BCUT2D eigenvalue weighted by molar-refractivity contribution is 0.103. The molecule has 0 saturated carbocycles. The van der Waals surface area contributed by atoms with Gasteiger partial charge in [0.2, 0.25) is 0 Å². The molecule has 0 aliphatic rings. The Morgan fingerprint density at radius 1 is 0.727 bits per heavy atom. The van der Waals surface area contributed by atoms with Crippen LogP contribution in [-0.2, 0) is 0 Å². The standard InChI is InChI=1S/C19H12Cl2O/c20-14-10-11-16(18(21)12-14)15-8-4-5-9-17(15)19(22)13-6-2-1-3-7-13/h1-12H. The number of hydrogen-bond acceptors (Lipinski definition) is 1. The molecule has 0 fully saturated rings. The molecule has 0 radical (unpaired) electrons. The van der Waals surface area contributed by atoms with Crippen LogP contribution in [0.25, 0.3) is 11.1 Å². The van der Waals surface area contributed by atoms with Crippen LogP contribution in [0.15, 0.2) is 72.8 Å². The summed E-state index contributed by atoms with van der Waals surface area (Å²) in [6, 6.07) is 21.9. The number of rotatable bonds is 3. The summed E-state index contributed by atoms with van der Waals surface area (Å²) in [4.78, 5) is 12.7. The second kappa shape index (κ2) is 6.35. The normalized spacial score (nSPS) is 10.5. The van der Waals surface area contributed by atoms with E-state index in [2.05, 4.69) is 0 Å². The van der Waals surface area contributed by atoms with E-state index in [1.807, 2.05) is 60.7 Å². The summed E-state index contributed by atoms with van der Waals surface area (Å²) in [5, 5.41) is 1.10. The summed E-state index contributed by atoms with van der Waals surface area (Å²) in [7, 11) is 0. The van der Waals surface area contributed by atoms with Crippen molar-refractivity contribution in [1.29, 1.82) is 0 Å². The van der Waals surface area contributed by atoms with Crippen molar-refractivity contribution in [3.63, 3.8) is 0 Å². The van der Waals surface area contributed by atoms with Crippen molar-refractivity contribution in [2.24, 2.45) is 0 Å². The molecule has 0 aromatic heterocycles. The highest BCUT2D eigenvalue weighted by atomic mass is 35.5. The second-order valence-electron chi connectivity index (χ2n) is 4.86. The maximum absolute atomic E-state index is 12.7. The van der Waals surface area contributed by atoms with Gasteiger partial charge in [-0.15, -0.1) is 0 Å². The Kier molecular flexibility index (Phi) is 4.28. The third-order valence-electron chi connectivity index (χ3n) is 3.43. The fraction of sp³-hybridized carbons (Fsp3) is 0. The molecule has 3 aromatic rings. The van der Waals surface area contributed by atoms with Crippen LogP contribution < -0.4 is 0 Å². The quantitative estimate of drug-likeness (QED) is 0.548. The van der Waals surface area contributed by atoms with Crippen LogP contribution in [0.3, 0.4) is 0 Å². The molecule has 0 aliphatic heterocycles. The van der Waals surface area contributed by atoms with Gasteiger partial charge in [0.15, 0.2) is 5.78 Å². The smallest absolute Gasteiger partial charge is 0.193 e. The van der Waals surface area contributed by atoms with Gasteiger partial charge in [-0.1, -0.05) is 83.9 Å². The minimum atomic E-state index is -0.0257. The number of carbonyl (C=O) groups is 1. The molecule has 0 unspecified atom stereocenters. The molecule has 108 valence electrons. The van der Waals surface area contributed by atoms with Gasteiger partial charge in [-0.2, -0.15) is 0 Å². The summed E-state index contributed by atoms with van der Waals surface area (Å²) < 4.78 is 0. The Bertz CT molecular complexity index is 826. The van der Waals surface area contributed by atoms with Gasteiger partial charge in [-0.25, -0.2) is 0 Å². The Balaban J connectivity index is 2.13. The first kappa shape index (κ1) is 14.8. The molecule has 0 aliphatic carbocycles. The van der Waals surface area contributed by atoms with E-state index >= 15 is 0 Å². The van der Waals surface area contributed by atoms with Gasteiger partial charge >= 0.3 is 0 Å². The summed E-state index contributed by atoms with van der Waals surface area (Å²) >= 11 is 12.2. The third-order valence-corrected chi connectivity index (χ3v) is 3.98. The van der Waals surface area contributed by atoms with Crippen LogP contribution in [0.2, 0.25) is 10.0 Å². The highest BCUT2D eigenvalue weighted by molar-refractivity contribution is 6.36. The Morgan fingerprint density at radius 3 is 2.14 bits per heavy atom. The van der Waals surface area contributed by atoms with E-state index in [4.69, 9.17) is 23.2 Å².